The monoisotopic (exact) mass is 279 g/mol. The van der Waals surface area contributed by atoms with Gasteiger partial charge in [0.2, 0.25) is 0 Å². The van der Waals surface area contributed by atoms with Crippen LogP contribution in [0.15, 0.2) is 30.5 Å². The van der Waals surface area contributed by atoms with Gasteiger partial charge in [-0.05, 0) is 30.5 Å². The van der Waals surface area contributed by atoms with Crippen molar-refractivity contribution in [1.82, 2.24) is 15.0 Å². The van der Waals surface area contributed by atoms with Gasteiger partial charge in [-0.1, -0.05) is 24.3 Å². The van der Waals surface area contributed by atoms with E-state index in [0.29, 0.717) is 0 Å². The van der Waals surface area contributed by atoms with Crippen LogP contribution in [-0.2, 0) is 13.0 Å². The molecule has 102 valence electrons. The van der Waals surface area contributed by atoms with E-state index in [1.54, 1.807) is 7.11 Å². The number of alkyl halides is 1. The normalized spacial score (nSPS) is 12.4. The van der Waals surface area contributed by atoms with E-state index in [2.05, 4.69) is 22.4 Å². The smallest absolute Gasteiger partial charge is 0.118 e. The van der Waals surface area contributed by atoms with Crippen LogP contribution in [0.5, 0.6) is 5.75 Å². The van der Waals surface area contributed by atoms with Gasteiger partial charge in [0.1, 0.15) is 11.4 Å². The van der Waals surface area contributed by atoms with E-state index in [0.717, 1.165) is 30.8 Å². The highest BCUT2D eigenvalue weighted by Gasteiger charge is 2.09. The highest BCUT2D eigenvalue weighted by molar-refractivity contribution is 6.20. The standard InChI is InChI=1S/C14H18ClN3O/c1-3-13(15)14-10-18(17-16-14)9-8-11-4-6-12(19-2)7-5-11/h4-7,10,13H,3,8-9H2,1-2H3. The molecule has 0 aliphatic heterocycles. The number of ether oxygens (including phenoxy) is 1. The summed E-state index contributed by atoms with van der Waals surface area (Å²) in [5.41, 5.74) is 2.09. The molecule has 1 aromatic carbocycles. The number of benzene rings is 1. The average Bonchev–Trinajstić information content (AvgIpc) is 2.93. The van der Waals surface area contributed by atoms with Crippen molar-refractivity contribution in [2.24, 2.45) is 0 Å². The van der Waals surface area contributed by atoms with Crippen LogP contribution >= 0.6 is 11.6 Å². The van der Waals surface area contributed by atoms with Gasteiger partial charge in [-0.2, -0.15) is 0 Å². The SMILES string of the molecule is CCC(Cl)c1cn(CCc2ccc(OC)cc2)nn1. The van der Waals surface area contributed by atoms with E-state index in [1.165, 1.54) is 5.56 Å². The fourth-order valence-electron chi connectivity index (χ4n) is 1.81. The van der Waals surface area contributed by atoms with Crippen molar-refractivity contribution in [2.45, 2.75) is 31.7 Å². The Labute approximate surface area is 118 Å². The Balaban J connectivity index is 1.92. The molecule has 0 radical (unpaired) electrons. The zero-order valence-electron chi connectivity index (χ0n) is 11.2. The molecule has 1 aromatic heterocycles. The van der Waals surface area contributed by atoms with Crippen molar-refractivity contribution in [3.05, 3.63) is 41.7 Å². The maximum Gasteiger partial charge on any atom is 0.118 e. The lowest BCUT2D eigenvalue weighted by Crippen LogP contribution is -2.02. The van der Waals surface area contributed by atoms with Gasteiger partial charge in [0.15, 0.2) is 0 Å². The fraction of sp³-hybridized carbons (Fsp3) is 0.429. The summed E-state index contributed by atoms with van der Waals surface area (Å²) < 4.78 is 6.97. The average molecular weight is 280 g/mol. The molecule has 0 N–H and O–H groups in total. The summed E-state index contributed by atoms with van der Waals surface area (Å²) in [4.78, 5) is 0. The predicted molar refractivity (Wildman–Crippen MR) is 75.6 cm³/mol. The molecule has 0 aliphatic rings. The third-order valence-corrected chi connectivity index (χ3v) is 3.56. The number of methoxy groups -OCH3 is 1. The van der Waals surface area contributed by atoms with Gasteiger partial charge in [0.25, 0.3) is 0 Å². The molecule has 2 rings (SSSR count). The first-order valence-corrected chi connectivity index (χ1v) is 6.83. The van der Waals surface area contributed by atoms with Crippen LogP contribution in [0.25, 0.3) is 0 Å². The molecule has 0 fully saturated rings. The minimum Gasteiger partial charge on any atom is -0.497 e. The van der Waals surface area contributed by atoms with Crippen LogP contribution in [0.4, 0.5) is 0 Å². The lowest BCUT2D eigenvalue weighted by molar-refractivity contribution is 0.414. The molecule has 1 heterocycles. The number of hydrogen-bond acceptors (Lipinski definition) is 3. The van der Waals surface area contributed by atoms with Crippen LogP contribution < -0.4 is 4.74 Å². The molecule has 0 aliphatic carbocycles. The lowest BCUT2D eigenvalue weighted by atomic mass is 10.1. The molecule has 0 spiro atoms. The Morgan fingerprint density at radius 2 is 2.05 bits per heavy atom. The fourth-order valence-corrected chi connectivity index (χ4v) is 1.91. The topological polar surface area (TPSA) is 39.9 Å². The van der Waals surface area contributed by atoms with E-state index in [1.807, 2.05) is 29.9 Å². The molecule has 0 amide bonds. The van der Waals surface area contributed by atoms with Crippen LogP contribution in [0.2, 0.25) is 0 Å². The van der Waals surface area contributed by atoms with E-state index < -0.39 is 0 Å². The Hall–Kier alpha value is -1.55. The Morgan fingerprint density at radius 3 is 2.68 bits per heavy atom. The molecule has 1 atom stereocenters. The van der Waals surface area contributed by atoms with E-state index in [-0.39, 0.29) is 5.38 Å². The summed E-state index contributed by atoms with van der Waals surface area (Å²) in [6.45, 7) is 2.83. The minimum absolute atomic E-state index is 0.0465. The van der Waals surface area contributed by atoms with Gasteiger partial charge in [-0.15, -0.1) is 16.7 Å². The number of hydrogen-bond donors (Lipinski definition) is 0. The lowest BCUT2D eigenvalue weighted by Gasteiger charge is -2.03. The maximum atomic E-state index is 6.12. The number of aryl methyl sites for hydroxylation is 2. The first kappa shape index (κ1) is 13.9. The van der Waals surface area contributed by atoms with Crippen molar-refractivity contribution in [2.75, 3.05) is 7.11 Å². The summed E-state index contributed by atoms with van der Waals surface area (Å²) in [5, 5.41) is 8.13. The van der Waals surface area contributed by atoms with Crippen LogP contribution in [0.1, 0.15) is 30.0 Å². The molecule has 4 nitrogen and oxygen atoms in total. The van der Waals surface area contributed by atoms with E-state index >= 15 is 0 Å². The number of rotatable bonds is 6. The van der Waals surface area contributed by atoms with Gasteiger partial charge < -0.3 is 4.74 Å². The molecule has 5 heteroatoms. The van der Waals surface area contributed by atoms with Gasteiger partial charge in [-0.25, -0.2) is 0 Å². The Kier molecular flexibility index (Phi) is 4.80. The summed E-state index contributed by atoms with van der Waals surface area (Å²) in [6.07, 6.45) is 3.69. The molecule has 1 unspecified atom stereocenters. The molecule has 0 saturated carbocycles. The number of halogens is 1. The van der Waals surface area contributed by atoms with E-state index in [4.69, 9.17) is 16.3 Å². The van der Waals surface area contributed by atoms with Gasteiger partial charge in [-0.3, -0.25) is 4.68 Å². The first-order valence-electron chi connectivity index (χ1n) is 6.40. The van der Waals surface area contributed by atoms with Crippen molar-refractivity contribution in [3.8, 4) is 5.75 Å². The number of nitrogens with zero attached hydrogens (tertiary/aromatic N) is 3. The molecule has 19 heavy (non-hydrogen) atoms. The molecule has 0 saturated heterocycles. The third kappa shape index (κ3) is 3.70. The van der Waals surface area contributed by atoms with Crippen molar-refractivity contribution in [3.63, 3.8) is 0 Å². The van der Waals surface area contributed by atoms with Crippen LogP contribution in [0, 0.1) is 0 Å². The Bertz CT molecular complexity index is 510. The van der Waals surface area contributed by atoms with Crippen molar-refractivity contribution < 1.29 is 4.74 Å². The second-order valence-corrected chi connectivity index (χ2v) is 4.91. The summed E-state index contributed by atoms with van der Waals surface area (Å²) >= 11 is 6.12. The van der Waals surface area contributed by atoms with Crippen molar-refractivity contribution >= 4 is 11.6 Å². The molecular formula is C14H18ClN3O. The maximum absolute atomic E-state index is 6.12. The number of aromatic nitrogens is 3. The highest BCUT2D eigenvalue weighted by Crippen LogP contribution is 2.20. The molecular weight excluding hydrogens is 262 g/mol. The van der Waals surface area contributed by atoms with E-state index in [9.17, 15) is 0 Å². The largest absolute Gasteiger partial charge is 0.497 e. The minimum atomic E-state index is -0.0465. The van der Waals surface area contributed by atoms with Crippen LogP contribution in [-0.4, -0.2) is 22.1 Å². The van der Waals surface area contributed by atoms with Crippen molar-refractivity contribution in [1.29, 1.82) is 0 Å². The second-order valence-electron chi connectivity index (χ2n) is 4.38. The second kappa shape index (κ2) is 6.57. The zero-order valence-corrected chi connectivity index (χ0v) is 12.0. The summed E-state index contributed by atoms with van der Waals surface area (Å²) in [7, 11) is 1.67. The van der Waals surface area contributed by atoms with Crippen LogP contribution in [0.3, 0.4) is 0 Å². The van der Waals surface area contributed by atoms with Gasteiger partial charge in [0.05, 0.1) is 12.5 Å². The van der Waals surface area contributed by atoms with Gasteiger partial charge >= 0.3 is 0 Å². The predicted octanol–water partition coefficient (Wildman–Crippen LogP) is 3.22. The van der Waals surface area contributed by atoms with Gasteiger partial charge in [0, 0.05) is 12.7 Å². The Morgan fingerprint density at radius 1 is 1.32 bits per heavy atom. The summed E-state index contributed by atoms with van der Waals surface area (Å²) in [6, 6.07) is 8.06. The third-order valence-electron chi connectivity index (χ3n) is 3.02. The molecule has 2 aromatic rings. The summed E-state index contributed by atoms with van der Waals surface area (Å²) in [5.74, 6) is 0.875. The highest BCUT2D eigenvalue weighted by atomic mass is 35.5. The first-order chi connectivity index (χ1) is 9.22. The molecule has 0 bridgehead atoms. The zero-order chi connectivity index (χ0) is 13.7. The quantitative estimate of drug-likeness (QED) is 0.762.